The highest BCUT2D eigenvalue weighted by atomic mass is 35.5. The molecule has 3 rings (SSSR count). The van der Waals surface area contributed by atoms with Gasteiger partial charge in [0, 0.05) is 17.5 Å². The Bertz CT molecular complexity index is 1070. The maximum atomic E-state index is 13.0. The number of benzene rings is 2. The van der Waals surface area contributed by atoms with Crippen LogP contribution in [0.1, 0.15) is 24.5 Å². The molecular formula is C21H20ClFN4O3S. The number of hydrogen-bond acceptors (Lipinski definition) is 6. The van der Waals surface area contributed by atoms with Crippen molar-refractivity contribution in [3.63, 3.8) is 0 Å². The van der Waals surface area contributed by atoms with E-state index in [-0.39, 0.29) is 24.1 Å². The molecule has 1 heterocycles. The van der Waals surface area contributed by atoms with Crippen LogP contribution in [0.25, 0.3) is 0 Å². The molecule has 2 N–H and O–H groups in total. The van der Waals surface area contributed by atoms with E-state index in [1.165, 1.54) is 19.2 Å². The summed E-state index contributed by atoms with van der Waals surface area (Å²) < 4.78 is 18.3. The molecular weight excluding hydrogens is 443 g/mol. The minimum Gasteiger partial charge on any atom is -0.495 e. The van der Waals surface area contributed by atoms with Crippen molar-refractivity contribution in [2.24, 2.45) is 10.2 Å². The fraction of sp³-hybridized carbons (Fsp3) is 0.238. The normalized spacial score (nSPS) is 17.6. The zero-order valence-electron chi connectivity index (χ0n) is 17.0. The molecule has 1 saturated heterocycles. The molecule has 2 amide bonds. The molecule has 7 nitrogen and oxygen atoms in total. The largest absolute Gasteiger partial charge is 0.495 e. The summed E-state index contributed by atoms with van der Waals surface area (Å²) in [6.07, 6.45) is -0.0546. The third-order valence-electron chi connectivity index (χ3n) is 4.45. The Balaban J connectivity index is 1.63. The van der Waals surface area contributed by atoms with Crippen LogP contribution < -0.4 is 15.4 Å². The van der Waals surface area contributed by atoms with Gasteiger partial charge in [-0.3, -0.25) is 9.59 Å². The fourth-order valence-electron chi connectivity index (χ4n) is 2.76. The van der Waals surface area contributed by atoms with Gasteiger partial charge in [-0.2, -0.15) is 5.10 Å². The molecule has 0 radical (unpaired) electrons. The van der Waals surface area contributed by atoms with Crippen LogP contribution in [0.15, 0.2) is 46.6 Å². The number of hydrogen-bond donors (Lipinski definition) is 2. The second-order valence-corrected chi connectivity index (χ2v) is 8.35. The second-order valence-electron chi connectivity index (χ2n) is 6.75. The summed E-state index contributed by atoms with van der Waals surface area (Å²) in [6, 6.07) is 9.18. The number of halogens is 2. The number of amides is 2. The Morgan fingerprint density at radius 2 is 2.03 bits per heavy atom. The van der Waals surface area contributed by atoms with Crippen molar-refractivity contribution in [1.82, 2.24) is 5.32 Å². The van der Waals surface area contributed by atoms with Gasteiger partial charge in [0.15, 0.2) is 5.17 Å². The van der Waals surface area contributed by atoms with E-state index in [0.29, 0.717) is 32.9 Å². The Kier molecular flexibility index (Phi) is 7.29. The summed E-state index contributed by atoms with van der Waals surface area (Å²) in [6.45, 7) is 3.54. The third-order valence-corrected chi connectivity index (χ3v) is 5.93. The number of carbonyl (C=O) groups excluding carboxylic acids is 2. The predicted octanol–water partition coefficient (Wildman–Crippen LogP) is 4.14. The number of amidine groups is 1. The van der Waals surface area contributed by atoms with Gasteiger partial charge < -0.3 is 15.4 Å². The van der Waals surface area contributed by atoms with Gasteiger partial charge in [-0.25, -0.2) is 4.39 Å². The van der Waals surface area contributed by atoms with Gasteiger partial charge in [0.05, 0.1) is 18.5 Å². The highest BCUT2D eigenvalue weighted by Gasteiger charge is 2.32. The summed E-state index contributed by atoms with van der Waals surface area (Å²) in [7, 11) is 1.48. The van der Waals surface area contributed by atoms with Crippen LogP contribution in [0.2, 0.25) is 5.02 Å². The molecule has 0 saturated carbocycles. The van der Waals surface area contributed by atoms with Gasteiger partial charge in [-0.15, -0.1) is 5.10 Å². The standard InChI is InChI=1S/C21H20ClFN4O3S/c1-11-8-16(17(30-3)9-15(11)22)24-19(28)10-18-20(29)25-21(31-18)27-26-12(2)13-4-6-14(23)7-5-13/h4-9,18H,10H2,1-3H3,(H,24,28)(H,25,27,29)/b26-12+. The first-order valence-corrected chi connectivity index (χ1v) is 10.5. The average molecular weight is 463 g/mol. The van der Waals surface area contributed by atoms with Crippen molar-refractivity contribution in [3.05, 3.63) is 58.4 Å². The first kappa shape index (κ1) is 22.8. The lowest BCUT2D eigenvalue weighted by atomic mass is 10.1. The monoisotopic (exact) mass is 462 g/mol. The molecule has 1 aliphatic rings. The van der Waals surface area contributed by atoms with E-state index in [4.69, 9.17) is 16.3 Å². The van der Waals surface area contributed by atoms with Gasteiger partial charge in [0.25, 0.3) is 0 Å². The Morgan fingerprint density at radius 1 is 1.32 bits per heavy atom. The van der Waals surface area contributed by atoms with E-state index in [1.807, 2.05) is 6.92 Å². The summed E-state index contributed by atoms with van der Waals surface area (Å²) in [5.41, 5.74) is 2.54. The summed E-state index contributed by atoms with van der Waals surface area (Å²) in [5.74, 6) is -0.581. The number of thioether (sulfide) groups is 1. The van der Waals surface area contributed by atoms with Crippen molar-refractivity contribution in [1.29, 1.82) is 0 Å². The highest BCUT2D eigenvalue weighted by molar-refractivity contribution is 8.15. The Morgan fingerprint density at radius 3 is 2.71 bits per heavy atom. The number of carbonyl (C=O) groups is 2. The summed E-state index contributed by atoms with van der Waals surface area (Å²) in [5, 5.41) is 13.7. The number of rotatable bonds is 6. The maximum absolute atomic E-state index is 13.0. The van der Waals surface area contributed by atoms with Crippen molar-refractivity contribution in [2.45, 2.75) is 25.5 Å². The molecule has 0 spiro atoms. The van der Waals surface area contributed by atoms with Crippen LogP contribution in [0.4, 0.5) is 10.1 Å². The predicted molar refractivity (Wildman–Crippen MR) is 122 cm³/mol. The van der Waals surface area contributed by atoms with Crippen LogP contribution in [0, 0.1) is 12.7 Å². The van der Waals surface area contributed by atoms with Crippen molar-refractivity contribution in [3.8, 4) is 5.75 Å². The fourth-order valence-corrected chi connectivity index (χ4v) is 3.83. The first-order valence-electron chi connectivity index (χ1n) is 9.26. The van der Waals surface area contributed by atoms with Gasteiger partial charge in [0.2, 0.25) is 11.8 Å². The molecule has 10 heteroatoms. The maximum Gasteiger partial charge on any atom is 0.240 e. The topological polar surface area (TPSA) is 92.2 Å². The van der Waals surface area contributed by atoms with E-state index in [1.54, 1.807) is 31.2 Å². The Hall–Kier alpha value is -2.91. The zero-order chi connectivity index (χ0) is 22.5. The van der Waals surface area contributed by atoms with Crippen molar-refractivity contribution >= 4 is 51.7 Å². The summed E-state index contributed by atoms with van der Waals surface area (Å²) in [4.78, 5) is 24.7. The second kappa shape index (κ2) is 9.93. The Labute approximate surface area is 188 Å². The SMILES string of the molecule is COc1cc(Cl)c(C)cc1NC(=O)CC1S/C(=N\N=C(/C)c2ccc(F)cc2)NC1=O. The molecule has 0 aliphatic carbocycles. The van der Waals surface area contributed by atoms with E-state index in [9.17, 15) is 14.0 Å². The van der Waals surface area contributed by atoms with Crippen LogP contribution in [0.3, 0.4) is 0 Å². The third kappa shape index (κ3) is 5.83. The molecule has 2 aromatic carbocycles. The molecule has 1 unspecified atom stereocenters. The number of anilines is 1. The number of nitrogens with one attached hydrogen (secondary N) is 2. The van der Waals surface area contributed by atoms with Gasteiger partial charge in [0.1, 0.15) is 16.8 Å². The van der Waals surface area contributed by atoms with Crippen molar-refractivity contribution in [2.75, 3.05) is 12.4 Å². The average Bonchev–Trinajstić information content (AvgIpc) is 3.08. The zero-order valence-corrected chi connectivity index (χ0v) is 18.6. The smallest absolute Gasteiger partial charge is 0.240 e. The number of aryl methyl sites for hydroxylation is 1. The molecule has 1 aliphatic heterocycles. The van der Waals surface area contributed by atoms with Gasteiger partial charge >= 0.3 is 0 Å². The first-order chi connectivity index (χ1) is 14.8. The van der Waals surface area contributed by atoms with E-state index in [0.717, 1.165) is 17.3 Å². The van der Waals surface area contributed by atoms with Crippen LogP contribution >= 0.6 is 23.4 Å². The molecule has 1 atom stereocenters. The number of ether oxygens (including phenoxy) is 1. The molecule has 2 aromatic rings. The quantitative estimate of drug-likeness (QED) is 0.498. The van der Waals surface area contributed by atoms with E-state index < -0.39 is 5.25 Å². The number of nitrogens with zero attached hydrogens (tertiary/aromatic N) is 2. The van der Waals surface area contributed by atoms with Gasteiger partial charge in [-0.05, 0) is 43.2 Å². The van der Waals surface area contributed by atoms with Crippen LogP contribution in [-0.4, -0.2) is 35.1 Å². The van der Waals surface area contributed by atoms with Crippen LogP contribution in [-0.2, 0) is 9.59 Å². The molecule has 31 heavy (non-hydrogen) atoms. The molecule has 0 bridgehead atoms. The highest BCUT2D eigenvalue weighted by Crippen LogP contribution is 2.31. The summed E-state index contributed by atoms with van der Waals surface area (Å²) >= 11 is 7.20. The minimum absolute atomic E-state index is 0.0546. The lowest BCUT2D eigenvalue weighted by Crippen LogP contribution is -2.28. The lowest BCUT2D eigenvalue weighted by Gasteiger charge is -2.13. The molecule has 1 fully saturated rings. The van der Waals surface area contributed by atoms with E-state index in [2.05, 4.69) is 20.8 Å². The van der Waals surface area contributed by atoms with Crippen molar-refractivity contribution < 1.29 is 18.7 Å². The minimum atomic E-state index is -0.639. The van der Waals surface area contributed by atoms with Gasteiger partial charge in [-0.1, -0.05) is 35.5 Å². The molecule has 0 aromatic heterocycles. The number of methoxy groups -OCH3 is 1. The van der Waals surface area contributed by atoms with Crippen LogP contribution in [0.5, 0.6) is 5.75 Å². The molecule has 162 valence electrons. The lowest BCUT2D eigenvalue weighted by molar-refractivity contribution is -0.122. The van der Waals surface area contributed by atoms with E-state index >= 15 is 0 Å².